The quantitative estimate of drug-likeness (QED) is 0.516. The number of rotatable bonds is 4. The second kappa shape index (κ2) is 7.50. The van der Waals surface area contributed by atoms with Crippen LogP contribution in [0.15, 0.2) is 89.5 Å². The molecule has 0 atom stereocenters. The molecule has 0 fully saturated rings. The minimum atomic E-state index is 1.10. The molecule has 0 spiro atoms. The van der Waals surface area contributed by atoms with Gasteiger partial charge >= 0.3 is 0 Å². The third-order valence-electron chi connectivity index (χ3n) is 3.98. The Morgan fingerprint density at radius 3 is 1.88 bits per heavy atom. The largest absolute Gasteiger partial charge is 0.349 e. The van der Waals surface area contributed by atoms with Gasteiger partial charge in [-0.15, -0.1) is 0 Å². The fraction of sp³-hybridized carbons (Fsp3) is 0.0909. The van der Waals surface area contributed by atoms with Crippen LogP contribution in [0.4, 0.5) is 5.69 Å². The van der Waals surface area contributed by atoms with Gasteiger partial charge in [0.25, 0.3) is 0 Å². The van der Waals surface area contributed by atoms with Crippen molar-refractivity contribution in [3.05, 3.63) is 106 Å². The lowest BCUT2D eigenvalue weighted by molar-refractivity contribution is 1.19. The molecule has 3 aromatic rings. The Morgan fingerprint density at radius 2 is 1.38 bits per heavy atom. The van der Waals surface area contributed by atoms with E-state index in [9.17, 15) is 0 Å². The highest BCUT2D eigenvalue weighted by atomic mass is 79.9. The van der Waals surface area contributed by atoms with Crippen molar-refractivity contribution in [1.82, 2.24) is 0 Å². The summed E-state index contributed by atoms with van der Waals surface area (Å²) in [5.74, 6) is 0. The molecule has 0 aliphatic rings. The Morgan fingerprint density at radius 1 is 0.833 bits per heavy atom. The van der Waals surface area contributed by atoms with E-state index in [-0.39, 0.29) is 0 Å². The lowest BCUT2D eigenvalue weighted by Crippen LogP contribution is -2.10. The molecule has 0 saturated heterocycles. The maximum atomic E-state index is 3.68. The van der Waals surface area contributed by atoms with Gasteiger partial charge in [0.1, 0.15) is 0 Å². The summed E-state index contributed by atoms with van der Waals surface area (Å²) in [5, 5.41) is 0. The lowest BCUT2D eigenvalue weighted by Gasteiger charge is -2.19. The van der Waals surface area contributed by atoms with Crippen LogP contribution in [-0.2, 0) is 0 Å². The molecular weight excluding hydrogens is 358 g/mol. The Bertz CT molecular complexity index is 797. The van der Waals surface area contributed by atoms with Gasteiger partial charge in [-0.05, 0) is 51.7 Å². The summed E-state index contributed by atoms with van der Waals surface area (Å²) in [6.07, 6.45) is 2.19. The highest BCUT2D eigenvalue weighted by Crippen LogP contribution is 2.30. The molecule has 0 bridgehead atoms. The number of halogens is 1. The van der Waals surface area contributed by atoms with Crippen LogP contribution in [-0.4, -0.2) is 7.05 Å². The highest BCUT2D eigenvalue weighted by Gasteiger charge is 2.09. The summed E-state index contributed by atoms with van der Waals surface area (Å²) in [7, 11) is 2.08. The van der Waals surface area contributed by atoms with E-state index in [1.54, 1.807) is 0 Å². The van der Waals surface area contributed by atoms with Gasteiger partial charge in [-0.3, -0.25) is 0 Å². The minimum Gasteiger partial charge on any atom is -0.349 e. The van der Waals surface area contributed by atoms with Crippen molar-refractivity contribution < 1.29 is 0 Å². The maximum Gasteiger partial charge on any atom is 0.0548 e. The van der Waals surface area contributed by atoms with E-state index in [1.165, 1.54) is 22.3 Å². The molecule has 0 aromatic heterocycles. The fourth-order valence-electron chi connectivity index (χ4n) is 2.71. The van der Waals surface area contributed by atoms with Crippen molar-refractivity contribution >= 4 is 27.2 Å². The molecular formula is C22H20BrN. The van der Waals surface area contributed by atoms with Crippen LogP contribution in [0, 0.1) is 6.92 Å². The lowest BCUT2D eigenvalue weighted by atomic mass is 9.99. The van der Waals surface area contributed by atoms with E-state index in [4.69, 9.17) is 0 Å². The number of hydrogen-bond donors (Lipinski definition) is 0. The standard InChI is InChI=1S/C22H20BrN/c1-17-13-14-22(21(23)15-17)24(2)16-20(18-9-5-3-6-10-18)19-11-7-4-8-12-19/h3-16H,1-2H3. The predicted molar refractivity (Wildman–Crippen MR) is 107 cm³/mol. The molecule has 1 nitrogen and oxygen atoms in total. The molecule has 120 valence electrons. The Balaban J connectivity index is 2.06. The summed E-state index contributed by atoms with van der Waals surface area (Å²) in [4.78, 5) is 2.17. The van der Waals surface area contributed by atoms with Crippen molar-refractivity contribution in [2.45, 2.75) is 6.92 Å². The zero-order valence-electron chi connectivity index (χ0n) is 13.9. The van der Waals surface area contributed by atoms with E-state index in [0.717, 1.165) is 10.2 Å². The third-order valence-corrected chi connectivity index (χ3v) is 4.61. The van der Waals surface area contributed by atoms with Crippen LogP contribution in [0.3, 0.4) is 0 Å². The first kappa shape index (κ1) is 16.5. The summed E-state index contributed by atoms with van der Waals surface area (Å²) in [6, 6.07) is 27.4. The van der Waals surface area contributed by atoms with E-state index >= 15 is 0 Å². The molecule has 0 aliphatic heterocycles. The molecule has 0 radical (unpaired) electrons. The Hall–Kier alpha value is -2.32. The molecule has 3 aromatic carbocycles. The normalized spacial score (nSPS) is 10.3. The topological polar surface area (TPSA) is 3.24 Å². The molecule has 3 rings (SSSR count). The second-order valence-corrected chi connectivity index (χ2v) is 6.69. The first-order valence-electron chi connectivity index (χ1n) is 7.97. The Labute approximate surface area is 152 Å². The molecule has 0 N–H and O–H groups in total. The minimum absolute atomic E-state index is 1.10. The maximum absolute atomic E-state index is 3.68. The molecule has 0 aliphatic carbocycles. The van der Waals surface area contributed by atoms with Gasteiger partial charge in [-0.2, -0.15) is 0 Å². The second-order valence-electron chi connectivity index (χ2n) is 5.84. The molecule has 0 unspecified atom stereocenters. The number of hydrogen-bond acceptors (Lipinski definition) is 1. The number of anilines is 1. The van der Waals surface area contributed by atoms with Crippen molar-refractivity contribution in [2.75, 3.05) is 11.9 Å². The molecule has 0 heterocycles. The van der Waals surface area contributed by atoms with E-state index in [0.29, 0.717) is 0 Å². The van der Waals surface area contributed by atoms with Gasteiger partial charge in [-0.25, -0.2) is 0 Å². The summed E-state index contributed by atoms with van der Waals surface area (Å²) < 4.78 is 1.10. The van der Waals surface area contributed by atoms with Crippen molar-refractivity contribution in [2.24, 2.45) is 0 Å². The Kier molecular flexibility index (Phi) is 5.17. The van der Waals surface area contributed by atoms with Crippen LogP contribution in [0.25, 0.3) is 5.57 Å². The first-order valence-corrected chi connectivity index (χ1v) is 8.76. The first-order chi connectivity index (χ1) is 11.6. The summed E-state index contributed by atoms with van der Waals surface area (Å²) >= 11 is 3.68. The average molecular weight is 378 g/mol. The van der Waals surface area contributed by atoms with Gasteiger partial charge in [0.2, 0.25) is 0 Å². The van der Waals surface area contributed by atoms with Crippen LogP contribution < -0.4 is 4.90 Å². The predicted octanol–water partition coefficient (Wildman–Crippen LogP) is 6.28. The number of aryl methyl sites for hydroxylation is 1. The van der Waals surface area contributed by atoms with Crippen molar-refractivity contribution in [1.29, 1.82) is 0 Å². The van der Waals surface area contributed by atoms with Crippen molar-refractivity contribution in [3.63, 3.8) is 0 Å². The van der Waals surface area contributed by atoms with Crippen molar-refractivity contribution in [3.8, 4) is 0 Å². The van der Waals surface area contributed by atoms with Gasteiger partial charge in [0, 0.05) is 23.3 Å². The van der Waals surface area contributed by atoms with E-state index in [1.807, 2.05) is 12.1 Å². The van der Waals surface area contributed by atoms with Crippen LogP contribution in [0.2, 0.25) is 0 Å². The third kappa shape index (κ3) is 3.77. The summed E-state index contributed by atoms with van der Waals surface area (Å²) in [6.45, 7) is 2.10. The smallest absolute Gasteiger partial charge is 0.0548 e. The van der Waals surface area contributed by atoms with E-state index in [2.05, 4.69) is 108 Å². The summed E-state index contributed by atoms with van der Waals surface area (Å²) in [5.41, 5.74) is 6.00. The highest BCUT2D eigenvalue weighted by molar-refractivity contribution is 9.10. The molecule has 2 heteroatoms. The molecule has 24 heavy (non-hydrogen) atoms. The van der Waals surface area contributed by atoms with E-state index < -0.39 is 0 Å². The van der Waals surface area contributed by atoms with Crippen LogP contribution in [0.5, 0.6) is 0 Å². The number of nitrogens with zero attached hydrogens (tertiary/aromatic N) is 1. The average Bonchev–Trinajstić information content (AvgIpc) is 2.61. The van der Waals surface area contributed by atoms with Gasteiger partial charge in [0.15, 0.2) is 0 Å². The number of benzene rings is 3. The SMILES string of the molecule is Cc1ccc(N(C)C=C(c2ccccc2)c2ccccc2)c(Br)c1. The van der Waals surface area contributed by atoms with Gasteiger partial charge in [0.05, 0.1) is 5.69 Å². The molecule has 0 amide bonds. The fourth-order valence-corrected chi connectivity index (χ4v) is 3.49. The molecule has 0 saturated carbocycles. The zero-order valence-corrected chi connectivity index (χ0v) is 15.5. The van der Waals surface area contributed by atoms with Crippen LogP contribution in [0.1, 0.15) is 16.7 Å². The zero-order chi connectivity index (χ0) is 16.9. The monoisotopic (exact) mass is 377 g/mol. The van der Waals surface area contributed by atoms with Gasteiger partial charge < -0.3 is 4.90 Å². The van der Waals surface area contributed by atoms with Crippen LogP contribution >= 0.6 is 15.9 Å². The van der Waals surface area contributed by atoms with Gasteiger partial charge in [-0.1, -0.05) is 66.7 Å².